The molecular formula is C15H13ClN2O3S. The average Bonchev–Trinajstić information content (AvgIpc) is 3.09. The number of rotatable bonds is 4. The molecule has 7 heteroatoms. The molecule has 0 saturated carbocycles. The van der Waals surface area contributed by atoms with Gasteiger partial charge in [-0.25, -0.2) is 4.98 Å². The lowest BCUT2D eigenvalue weighted by Crippen LogP contribution is -2.16. The monoisotopic (exact) mass is 336 g/mol. The van der Waals surface area contributed by atoms with E-state index in [1.165, 1.54) is 11.3 Å². The average molecular weight is 337 g/mol. The summed E-state index contributed by atoms with van der Waals surface area (Å²) in [4.78, 5) is 27.3. The second-order valence-corrected chi connectivity index (χ2v) is 6.34. The molecule has 2 heterocycles. The molecule has 0 aliphatic carbocycles. The standard InChI is InChI=1S/C15H13ClN2O3S/c16-11-3-1-10(2-4-11)12-8-22-15(17-12)18-13(19)5-9-6-14(20)21-7-9/h1-4,8-9H,5-7H2,(H,17,18,19). The van der Waals surface area contributed by atoms with E-state index in [9.17, 15) is 9.59 Å². The van der Waals surface area contributed by atoms with Gasteiger partial charge in [-0.2, -0.15) is 0 Å². The Balaban J connectivity index is 1.60. The minimum absolute atomic E-state index is 0.0387. The molecule has 114 valence electrons. The summed E-state index contributed by atoms with van der Waals surface area (Å²) < 4.78 is 4.85. The number of anilines is 1. The third-order valence-electron chi connectivity index (χ3n) is 3.30. The molecule has 1 aromatic heterocycles. The number of carbonyl (C=O) groups excluding carboxylic acids is 2. The molecule has 0 bridgehead atoms. The van der Waals surface area contributed by atoms with Crippen LogP contribution in [-0.2, 0) is 14.3 Å². The maximum Gasteiger partial charge on any atom is 0.306 e. The summed E-state index contributed by atoms with van der Waals surface area (Å²) in [6.45, 7) is 0.320. The van der Waals surface area contributed by atoms with Crippen molar-refractivity contribution in [2.45, 2.75) is 12.8 Å². The summed E-state index contributed by atoms with van der Waals surface area (Å²) in [5, 5.41) is 5.85. The summed E-state index contributed by atoms with van der Waals surface area (Å²) >= 11 is 7.22. The fourth-order valence-corrected chi connectivity index (χ4v) is 3.07. The van der Waals surface area contributed by atoms with E-state index in [1.54, 1.807) is 12.1 Å². The Morgan fingerprint density at radius 2 is 2.18 bits per heavy atom. The SMILES string of the molecule is O=C(CC1COC(=O)C1)Nc1nc(-c2ccc(Cl)cc2)cs1. The summed E-state index contributed by atoms with van der Waals surface area (Å²) in [7, 11) is 0. The highest BCUT2D eigenvalue weighted by Crippen LogP contribution is 2.26. The second-order valence-electron chi connectivity index (χ2n) is 5.05. The number of benzene rings is 1. The van der Waals surface area contributed by atoms with Crippen LogP contribution >= 0.6 is 22.9 Å². The molecule has 0 radical (unpaired) electrons. The molecule has 1 unspecified atom stereocenters. The van der Waals surface area contributed by atoms with Crippen LogP contribution in [0.3, 0.4) is 0 Å². The Labute approximate surface area is 136 Å². The molecule has 1 fully saturated rings. The number of nitrogens with zero attached hydrogens (tertiary/aromatic N) is 1. The van der Waals surface area contributed by atoms with Crippen molar-refractivity contribution in [3.63, 3.8) is 0 Å². The van der Waals surface area contributed by atoms with E-state index < -0.39 is 0 Å². The Morgan fingerprint density at radius 3 is 2.86 bits per heavy atom. The van der Waals surface area contributed by atoms with Crippen LogP contribution in [0.2, 0.25) is 5.02 Å². The normalized spacial score (nSPS) is 17.3. The van der Waals surface area contributed by atoms with Crippen molar-refractivity contribution in [3.05, 3.63) is 34.7 Å². The largest absolute Gasteiger partial charge is 0.465 e. The van der Waals surface area contributed by atoms with Gasteiger partial charge in [0.2, 0.25) is 5.91 Å². The molecule has 1 aromatic carbocycles. The van der Waals surface area contributed by atoms with Crippen molar-refractivity contribution < 1.29 is 14.3 Å². The number of hydrogen-bond donors (Lipinski definition) is 1. The molecular weight excluding hydrogens is 324 g/mol. The highest BCUT2D eigenvalue weighted by Gasteiger charge is 2.26. The van der Waals surface area contributed by atoms with Crippen molar-refractivity contribution in [2.24, 2.45) is 5.92 Å². The number of halogens is 1. The predicted molar refractivity (Wildman–Crippen MR) is 84.9 cm³/mol. The number of hydrogen-bond acceptors (Lipinski definition) is 5. The van der Waals surface area contributed by atoms with Gasteiger partial charge >= 0.3 is 5.97 Å². The van der Waals surface area contributed by atoms with Crippen LogP contribution in [0.15, 0.2) is 29.6 Å². The van der Waals surface area contributed by atoms with Crippen LogP contribution in [0.25, 0.3) is 11.3 Å². The van der Waals surface area contributed by atoms with Gasteiger partial charge in [0.1, 0.15) is 0 Å². The molecule has 2 aromatic rings. The topological polar surface area (TPSA) is 68.3 Å². The number of cyclic esters (lactones) is 1. The fraction of sp³-hybridized carbons (Fsp3) is 0.267. The Morgan fingerprint density at radius 1 is 1.41 bits per heavy atom. The highest BCUT2D eigenvalue weighted by molar-refractivity contribution is 7.14. The number of nitrogens with one attached hydrogen (secondary N) is 1. The van der Waals surface area contributed by atoms with Crippen molar-refractivity contribution in [1.29, 1.82) is 0 Å². The Hall–Kier alpha value is -1.92. The van der Waals surface area contributed by atoms with Crippen LogP contribution < -0.4 is 5.32 Å². The summed E-state index contributed by atoms with van der Waals surface area (Å²) in [6, 6.07) is 7.35. The zero-order valence-electron chi connectivity index (χ0n) is 11.5. The summed E-state index contributed by atoms with van der Waals surface area (Å²) in [5.41, 5.74) is 1.73. The molecule has 0 spiro atoms. The van der Waals surface area contributed by atoms with E-state index in [2.05, 4.69) is 10.3 Å². The number of carbonyl (C=O) groups is 2. The van der Waals surface area contributed by atoms with Gasteiger partial charge < -0.3 is 10.1 Å². The first-order valence-electron chi connectivity index (χ1n) is 6.77. The third-order valence-corrected chi connectivity index (χ3v) is 4.31. The molecule has 1 atom stereocenters. The quantitative estimate of drug-likeness (QED) is 0.869. The number of esters is 1. The summed E-state index contributed by atoms with van der Waals surface area (Å²) in [6.07, 6.45) is 0.572. The molecule has 1 amide bonds. The number of aromatic nitrogens is 1. The van der Waals surface area contributed by atoms with Gasteiger partial charge in [0, 0.05) is 28.3 Å². The Kier molecular flexibility index (Phi) is 4.40. The van der Waals surface area contributed by atoms with E-state index in [0.29, 0.717) is 23.2 Å². The molecule has 1 N–H and O–H groups in total. The summed E-state index contributed by atoms with van der Waals surface area (Å²) in [5.74, 6) is -0.430. The van der Waals surface area contributed by atoms with Gasteiger partial charge in [0.05, 0.1) is 18.7 Å². The zero-order chi connectivity index (χ0) is 15.5. The lowest BCUT2D eigenvalue weighted by molar-refractivity contribution is -0.138. The molecule has 1 aliphatic rings. The second kappa shape index (κ2) is 6.46. The third kappa shape index (κ3) is 3.64. The maximum absolute atomic E-state index is 11.9. The molecule has 3 rings (SSSR count). The number of amides is 1. The van der Waals surface area contributed by atoms with Crippen molar-refractivity contribution >= 4 is 39.9 Å². The van der Waals surface area contributed by atoms with Gasteiger partial charge in [-0.1, -0.05) is 23.7 Å². The van der Waals surface area contributed by atoms with Crippen molar-refractivity contribution in [2.75, 3.05) is 11.9 Å². The Bertz CT molecular complexity index is 699. The first-order chi connectivity index (χ1) is 10.6. The number of ether oxygens (including phenoxy) is 1. The minimum atomic E-state index is -0.239. The van der Waals surface area contributed by atoms with Crippen molar-refractivity contribution in [3.8, 4) is 11.3 Å². The van der Waals surface area contributed by atoms with Crippen LogP contribution in [0.1, 0.15) is 12.8 Å². The minimum Gasteiger partial charge on any atom is -0.465 e. The van der Waals surface area contributed by atoms with E-state index in [-0.39, 0.29) is 24.2 Å². The van der Waals surface area contributed by atoms with Gasteiger partial charge in [-0.3, -0.25) is 9.59 Å². The molecule has 22 heavy (non-hydrogen) atoms. The number of thiazole rings is 1. The molecule has 1 saturated heterocycles. The smallest absolute Gasteiger partial charge is 0.306 e. The first kappa shape index (κ1) is 15.0. The predicted octanol–water partition coefficient (Wildman–Crippen LogP) is 3.36. The lowest BCUT2D eigenvalue weighted by atomic mass is 10.0. The van der Waals surface area contributed by atoms with Crippen LogP contribution in [0.4, 0.5) is 5.13 Å². The van der Waals surface area contributed by atoms with E-state index in [4.69, 9.17) is 16.3 Å². The first-order valence-corrected chi connectivity index (χ1v) is 8.03. The van der Waals surface area contributed by atoms with Crippen LogP contribution in [0.5, 0.6) is 0 Å². The van der Waals surface area contributed by atoms with Gasteiger partial charge in [-0.15, -0.1) is 11.3 Å². The molecule has 1 aliphatic heterocycles. The van der Waals surface area contributed by atoms with E-state index >= 15 is 0 Å². The lowest BCUT2D eigenvalue weighted by Gasteiger charge is -2.05. The molecule has 5 nitrogen and oxygen atoms in total. The van der Waals surface area contributed by atoms with Gasteiger partial charge in [0.15, 0.2) is 5.13 Å². The maximum atomic E-state index is 11.9. The highest BCUT2D eigenvalue weighted by atomic mass is 35.5. The zero-order valence-corrected chi connectivity index (χ0v) is 13.1. The fourth-order valence-electron chi connectivity index (χ4n) is 2.21. The van der Waals surface area contributed by atoms with E-state index in [1.807, 2.05) is 17.5 Å². The van der Waals surface area contributed by atoms with E-state index in [0.717, 1.165) is 11.3 Å². The van der Waals surface area contributed by atoms with Crippen LogP contribution in [0, 0.1) is 5.92 Å². The van der Waals surface area contributed by atoms with Gasteiger partial charge in [-0.05, 0) is 12.1 Å². The van der Waals surface area contributed by atoms with Crippen LogP contribution in [-0.4, -0.2) is 23.5 Å². The van der Waals surface area contributed by atoms with Crippen molar-refractivity contribution in [1.82, 2.24) is 4.98 Å². The van der Waals surface area contributed by atoms with Gasteiger partial charge in [0.25, 0.3) is 0 Å².